The Balaban J connectivity index is 1.70. The van der Waals surface area contributed by atoms with Crippen molar-refractivity contribution in [1.29, 1.82) is 0 Å². The lowest BCUT2D eigenvalue weighted by atomic mass is 10.1. The van der Waals surface area contributed by atoms with Crippen molar-refractivity contribution in [2.75, 3.05) is 5.32 Å². The van der Waals surface area contributed by atoms with Crippen LogP contribution in [-0.2, 0) is 18.4 Å². The molecule has 6 heteroatoms. The van der Waals surface area contributed by atoms with Crippen LogP contribution in [-0.4, -0.2) is 15.0 Å². The Morgan fingerprint density at radius 3 is 2.24 bits per heavy atom. The van der Waals surface area contributed by atoms with E-state index in [1.807, 2.05) is 54.6 Å². The highest BCUT2D eigenvalue weighted by molar-refractivity contribution is 5.90. The maximum atomic E-state index is 12.1. The number of aromatic nitrogens is 2. The second kappa shape index (κ2) is 7.00. The number of hydrogen-bond acceptors (Lipinski definition) is 3. The van der Waals surface area contributed by atoms with Gasteiger partial charge in [0.15, 0.2) is 0 Å². The zero-order valence-corrected chi connectivity index (χ0v) is 13.7. The zero-order chi connectivity index (χ0) is 17.8. The van der Waals surface area contributed by atoms with Crippen molar-refractivity contribution < 1.29 is 4.79 Å². The summed E-state index contributed by atoms with van der Waals surface area (Å²) < 4.78 is 2.15. The van der Waals surface area contributed by atoms with Crippen molar-refractivity contribution in [2.45, 2.75) is 6.54 Å². The first kappa shape index (κ1) is 16.4. The van der Waals surface area contributed by atoms with Crippen molar-refractivity contribution >= 4 is 11.6 Å². The van der Waals surface area contributed by atoms with Crippen molar-refractivity contribution in [1.82, 2.24) is 9.13 Å². The molecule has 0 saturated carbocycles. The van der Waals surface area contributed by atoms with E-state index in [2.05, 4.69) is 5.32 Å². The summed E-state index contributed by atoms with van der Waals surface area (Å²) in [5.74, 6) is -0.340. The summed E-state index contributed by atoms with van der Waals surface area (Å²) in [4.78, 5) is 35.4. The summed E-state index contributed by atoms with van der Waals surface area (Å²) in [5.41, 5.74) is 1.85. The molecule has 1 N–H and O–H groups in total. The van der Waals surface area contributed by atoms with E-state index in [9.17, 15) is 14.4 Å². The maximum absolute atomic E-state index is 12.1. The molecule has 3 aromatic rings. The predicted molar refractivity (Wildman–Crippen MR) is 96.5 cm³/mol. The number of nitrogens with zero attached hydrogens (tertiary/aromatic N) is 2. The van der Waals surface area contributed by atoms with Crippen molar-refractivity contribution in [2.24, 2.45) is 7.05 Å². The molecule has 126 valence electrons. The van der Waals surface area contributed by atoms with Crippen molar-refractivity contribution in [3.63, 3.8) is 0 Å². The van der Waals surface area contributed by atoms with Crippen molar-refractivity contribution in [3.05, 3.63) is 87.7 Å². The third-order valence-corrected chi connectivity index (χ3v) is 3.85. The minimum absolute atomic E-state index is 0.159. The van der Waals surface area contributed by atoms with E-state index in [-0.39, 0.29) is 12.5 Å². The van der Waals surface area contributed by atoms with E-state index in [4.69, 9.17) is 0 Å². The molecule has 0 aliphatic carbocycles. The van der Waals surface area contributed by atoms with E-state index in [1.165, 1.54) is 23.9 Å². The van der Waals surface area contributed by atoms with Crippen LogP contribution in [0.2, 0.25) is 0 Å². The van der Waals surface area contributed by atoms with Crippen LogP contribution in [0, 0.1) is 0 Å². The average Bonchev–Trinajstić information content (AvgIpc) is 2.63. The molecule has 0 aliphatic heterocycles. The van der Waals surface area contributed by atoms with Gasteiger partial charge in [0.2, 0.25) is 5.91 Å². The minimum Gasteiger partial charge on any atom is -0.325 e. The van der Waals surface area contributed by atoms with E-state index in [0.29, 0.717) is 5.69 Å². The second-order valence-corrected chi connectivity index (χ2v) is 5.62. The molecule has 0 bridgehead atoms. The van der Waals surface area contributed by atoms with Gasteiger partial charge in [0.05, 0.1) is 0 Å². The molecule has 25 heavy (non-hydrogen) atoms. The molecule has 0 spiro atoms. The van der Waals surface area contributed by atoms with Crippen LogP contribution >= 0.6 is 0 Å². The Morgan fingerprint density at radius 2 is 1.56 bits per heavy atom. The van der Waals surface area contributed by atoms with Gasteiger partial charge >= 0.3 is 5.69 Å². The third kappa shape index (κ3) is 3.74. The summed E-state index contributed by atoms with van der Waals surface area (Å²) >= 11 is 0. The highest BCUT2D eigenvalue weighted by Crippen LogP contribution is 2.20. The van der Waals surface area contributed by atoms with Gasteiger partial charge in [0, 0.05) is 25.0 Å². The highest BCUT2D eigenvalue weighted by atomic mass is 16.2. The first-order valence-corrected chi connectivity index (χ1v) is 7.76. The molecule has 0 radical (unpaired) electrons. The summed E-state index contributed by atoms with van der Waals surface area (Å²) in [6, 6.07) is 18.6. The van der Waals surface area contributed by atoms with Gasteiger partial charge in [0.25, 0.3) is 5.56 Å². The predicted octanol–water partition coefficient (Wildman–Crippen LogP) is 1.85. The summed E-state index contributed by atoms with van der Waals surface area (Å²) in [5, 5.41) is 2.74. The molecule has 6 nitrogen and oxygen atoms in total. The number of nitrogens with one attached hydrogen (secondary N) is 1. The van der Waals surface area contributed by atoms with Gasteiger partial charge in [-0.25, -0.2) is 4.79 Å². The first-order valence-electron chi connectivity index (χ1n) is 7.76. The number of carbonyl (C=O) groups excluding carboxylic acids is 1. The second-order valence-electron chi connectivity index (χ2n) is 5.62. The number of benzene rings is 2. The Labute approximate surface area is 144 Å². The SMILES string of the molecule is Cn1c(=O)ccn(CC(=O)Nc2ccc(-c3ccccc3)cc2)c1=O. The Bertz CT molecular complexity index is 1000. The molecule has 1 heterocycles. The van der Waals surface area contributed by atoms with Crippen LogP contribution in [0.3, 0.4) is 0 Å². The lowest BCUT2D eigenvalue weighted by Gasteiger charge is -2.09. The number of anilines is 1. The Morgan fingerprint density at radius 1 is 0.920 bits per heavy atom. The van der Waals surface area contributed by atoms with Gasteiger partial charge in [-0.2, -0.15) is 0 Å². The van der Waals surface area contributed by atoms with Gasteiger partial charge in [0.1, 0.15) is 6.54 Å². The molecule has 1 amide bonds. The summed E-state index contributed by atoms with van der Waals surface area (Å²) in [6.45, 7) is -0.159. The molecule has 0 saturated heterocycles. The largest absolute Gasteiger partial charge is 0.331 e. The fourth-order valence-electron chi connectivity index (χ4n) is 2.47. The van der Waals surface area contributed by atoms with Gasteiger partial charge < -0.3 is 5.32 Å². The minimum atomic E-state index is -0.526. The molecular weight excluding hydrogens is 318 g/mol. The molecule has 0 aliphatic rings. The zero-order valence-electron chi connectivity index (χ0n) is 13.7. The number of amides is 1. The molecule has 3 rings (SSSR count). The van der Waals surface area contributed by atoms with E-state index >= 15 is 0 Å². The standard InChI is InChI=1S/C19H17N3O3/c1-21-18(24)11-12-22(19(21)25)13-17(23)20-16-9-7-15(8-10-16)14-5-3-2-4-6-14/h2-12H,13H2,1H3,(H,20,23). The topological polar surface area (TPSA) is 73.1 Å². The van der Waals surface area contributed by atoms with Crippen LogP contribution in [0.4, 0.5) is 5.69 Å². The van der Waals surface area contributed by atoms with Gasteiger partial charge in [-0.05, 0) is 23.3 Å². The van der Waals surface area contributed by atoms with Crippen LogP contribution in [0.25, 0.3) is 11.1 Å². The molecule has 2 aromatic carbocycles. The lowest BCUT2D eigenvalue weighted by molar-refractivity contribution is -0.116. The Hall–Kier alpha value is -3.41. The van der Waals surface area contributed by atoms with E-state index in [0.717, 1.165) is 15.7 Å². The van der Waals surface area contributed by atoms with Crippen LogP contribution in [0.5, 0.6) is 0 Å². The molecule has 0 fully saturated rings. The van der Waals surface area contributed by atoms with Gasteiger partial charge in [-0.15, -0.1) is 0 Å². The van der Waals surface area contributed by atoms with Gasteiger partial charge in [-0.3, -0.25) is 18.7 Å². The fraction of sp³-hybridized carbons (Fsp3) is 0.105. The average molecular weight is 335 g/mol. The number of carbonyl (C=O) groups is 1. The molecular formula is C19H17N3O3. The lowest BCUT2D eigenvalue weighted by Crippen LogP contribution is -2.38. The summed E-state index contributed by atoms with van der Waals surface area (Å²) in [6.07, 6.45) is 1.32. The Kier molecular flexibility index (Phi) is 4.61. The van der Waals surface area contributed by atoms with Crippen LogP contribution < -0.4 is 16.6 Å². The van der Waals surface area contributed by atoms with E-state index in [1.54, 1.807) is 0 Å². The normalized spacial score (nSPS) is 10.4. The van der Waals surface area contributed by atoms with Crippen LogP contribution in [0.15, 0.2) is 76.4 Å². The maximum Gasteiger partial charge on any atom is 0.331 e. The fourth-order valence-corrected chi connectivity index (χ4v) is 2.47. The summed E-state index contributed by atoms with van der Waals surface area (Å²) in [7, 11) is 1.38. The highest BCUT2D eigenvalue weighted by Gasteiger charge is 2.07. The molecule has 0 atom stereocenters. The number of rotatable bonds is 4. The van der Waals surface area contributed by atoms with Gasteiger partial charge in [-0.1, -0.05) is 42.5 Å². The third-order valence-electron chi connectivity index (χ3n) is 3.85. The van der Waals surface area contributed by atoms with Crippen molar-refractivity contribution in [3.8, 4) is 11.1 Å². The number of hydrogen-bond donors (Lipinski definition) is 1. The first-order chi connectivity index (χ1) is 12.0. The quantitative estimate of drug-likeness (QED) is 0.791. The van der Waals surface area contributed by atoms with E-state index < -0.39 is 11.2 Å². The monoisotopic (exact) mass is 335 g/mol. The van der Waals surface area contributed by atoms with Crippen LogP contribution in [0.1, 0.15) is 0 Å². The molecule has 1 aromatic heterocycles. The molecule has 0 unspecified atom stereocenters. The smallest absolute Gasteiger partial charge is 0.325 e.